The molecular formula is C25H18NP. The van der Waals surface area contributed by atoms with Gasteiger partial charge in [-0.15, -0.1) is 0 Å². The van der Waals surface area contributed by atoms with Gasteiger partial charge in [-0.3, -0.25) is 0 Å². The van der Waals surface area contributed by atoms with Crippen LogP contribution in [-0.4, -0.2) is 4.57 Å². The van der Waals surface area contributed by atoms with Crippen LogP contribution in [0.15, 0.2) is 91.0 Å². The first-order valence-corrected chi connectivity index (χ1v) is 10.6. The number of aryl methyl sites for hydroxylation is 1. The molecule has 6 rings (SSSR count). The first-order valence-electron chi connectivity index (χ1n) is 9.29. The van der Waals surface area contributed by atoms with Gasteiger partial charge < -0.3 is 4.57 Å². The Balaban J connectivity index is 1.87. The molecule has 1 atom stereocenters. The van der Waals surface area contributed by atoms with E-state index in [4.69, 9.17) is 0 Å². The molecule has 1 nitrogen and oxygen atoms in total. The first kappa shape index (κ1) is 15.1. The van der Waals surface area contributed by atoms with Crippen LogP contribution in [0.5, 0.6) is 0 Å². The average Bonchev–Trinajstić information content (AvgIpc) is 3.20. The monoisotopic (exact) mass is 363 g/mol. The number of hydrogen-bond donors (Lipinski definition) is 0. The number of benzene rings is 4. The van der Waals surface area contributed by atoms with Gasteiger partial charge in [0.15, 0.2) is 0 Å². The van der Waals surface area contributed by atoms with Crippen molar-refractivity contribution in [2.45, 2.75) is 0 Å². The lowest BCUT2D eigenvalue weighted by Crippen LogP contribution is -1.85. The van der Waals surface area contributed by atoms with Crippen molar-refractivity contribution < 1.29 is 0 Å². The van der Waals surface area contributed by atoms with Gasteiger partial charge in [0.05, 0.1) is 0 Å². The van der Waals surface area contributed by atoms with Crippen LogP contribution < -0.4 is 0 Å². The highest BCUT2D eigenvalue weighted by atomic mass is 31.1. The fourth-order valence-electron chi connectivity index (χ4n) is 4.48. The largest absolute Gasteiger partial charge is 0.344 e. The Morgan fingerprint density at radius 2 is 1.26 bits per heavy atom. The molecule has 2 heterocycles. The summed E-state index contributed by atoms with van der Waals surface area (Å²) < 4.78 is 2.34. The van der Waals surface area contributed by atoms with Crippen molar-refractivity contribution in [2.24, 2.45) is 7.05 Å². The van der Waals surface area contributed by atoms with E-state index in [1.54, 1.807) is 0 Å². The van der Waals surface area contributed by atoms with Crippen molar-refractivity contribution in [1.82, 2.24) is 4.57 Å². The summed E-state index contributed by atoms with van der Waals surface area (Å²) >= 11 is 0. The lowest BCUT2D eigenvalue weighted by Gasteiger charge is -2.04. The third-order valence-corrected chi connectivity index (χ3v) is 8.26. The zero-order valence-corrected chi connectivity index (χ0v) is 15.9. The Kier molecular flexibility index (Phi) is 3.06. The highest BCUT2D eigenvalue weighted by molar-refractivity contribution is 7.67. The van der Waals surface area contributed by atoms with E-state index in [2.05, 4.69) is 103 Å². The molecule has 4 aromatic carbocycles. The smallest absolute Gasteiger partial charge is 0.0498 e. The minimum absolute atomic E-state index is 0.500. The van der Waals surface area contributed by atoms with Crippen LogP contribution >= 0.6 is 7.53 Å². The van der Waals surface area contributed by atoms with E-state index in [1.807, 2.05) is 0 Å². The molecule has 0 saturated carbocycles. The normalized spacial score (nSPS) is 12.6. The van der Waals surface area contributed by atoms with Crippen molar-refractivity contribution >= 4 is 50.3 Å². The number of rotatable bonds is 1. The molecule has 2 heteroatoms. The number of hydrogen-bond acceptors (Lipinski definition) is 0. The predicted molar refractivity (Wildman–Crippen MR) is 119 cm³/mol. The lowest BCUT2D eigenvalue weighted by atomic mass is 10.1. The highest BCUT2D eigenvalue weighted by Crippen LogP contribution is 2.55. The van der Waals surface area contributed by atoms with Crippen molar-refractivity contribution in [2.75, 3.05) is 0 Å². The minimum atomic E-state index is -0.500. The van der Waals surface area contributed by atoms with Gasteiger partial charge in [-0.1, -0.05) is 80.3 Å². The van der Waals surface area contributed by atoms with E-state index >= 15 is 0 Å². The summed E-state index contributed by atoms with van der Waals surface area (Å²) in [4.78, 5) is 0. The van der Waals surface area contributed by atoms with Gasteiger partial charge in [-0.2, -0.15) is 0 Å². The summed E-state index contributed by atoms with van der Waals surface area (Å²) in [6.45, 7) is 0. The molecular weight excluding hydrogens is 345 g/mol. The summed E-state index contributed by atoms with van der Waals surface area (Å²) in [6, 6.07) is 33.5. The first-order chi connectivity index (χ1) is 13.3. The van der Waals surface area contributed by atoms with Crippen molar-refractivity contribution in [3.8, 4) is 5.30 Å². The topological polar surface area (TPSA) is 4.93 Å². The molecule has 0 bridgehead atoms. The summed E-state index contributed by atoms with van der Waals surface area (Å²) in [5, 5.41) is 9.89. The number of aromatic nitrogens is 1. The average molecular weight is 363 g/mol. The molecule has 0 fully saturated rings. The third kappa shape index (κ3) is 2.01. The van der Waals surface area contributed by atoms with E-state index in [0.29, 0.717) is 0 Å². The molecule has 0 amide bonds. The van der Waals surface area contributed by atoms with Crippen molar-refractivity contribution in [1.29, 1.82) is 0 Å². The lowest BCUT2D eigenvalue weighted by molar-refractivity contribution is 1.02. The van der Waals surface area contributed by atoms with Crippen molar-refractivity contribution in [3.05, 3.63) is 91.0 Å². The zero-order chi connectivity index (χ0) is 18.0. The number of nitrogens with zero attached hydrogens (tertiary/aromatic N) is 1. The molecule has 0 aliphatic heterocycles. The second-order valence-electron chi connectivity index (χ2n) is 7.15. The number of fused-ring (bicyclic) bond motifs is 6. The summed E-state index contributed by atoms with van der Waals surface area (Å²) in [6.07, 6.45) is 0. The van der Waals surface area contributed by atoms with Gasteiger partial charge in [-0.25, -0.2) is 0 Å². The van der Waals surface area contributed by atoms with Crippen LogP contribution in [0.25, 0.3) is 48.1 Å². The number of para-hydroxylation sites is 1. The van der Waals surface area contributed by atoms with Crippen LogP contribution in [0, 0.1) is 0 Å². The molecule has 0 spiro atoms. The standard InChI is InChI=1S/C25H18NP/c1-26-22-13-7-5-11-18(22)20-15-21-19-12-6-8-14-24(19)27(25(21)16-23(20)26)17-9-3-2-4-10-17/h2-16H,1H3. The van der Waals surface area contributed by atoms with Gasteiger partial charge in [0.1, 0.15) is 0 Å². The third-order valence-electron chi connectivity index (χ3n) is 5.72. The molecule has 0 saturated heterocycles. The Bertz CT molecular complexity index is 1470. The van der Waals surface area contributed by atoms with E-state index in [0.717, 1.165) is 0 Å². The second-order valence-corrected chi connectivity index (χ2v) is 9.30. The van der Waals surface area contributed by atoms with E-state index in [1.165, 1.54) is 48.1 Å². The molecule has 2 aromatic heterocycles. The van der Waals surface area contributed by atoms with Gasteiger partial charge >= 0.3 is 0 Å². The minimum Gasteiger partial charge on any atom is -0.344 e. The maximum atomic E-state index is 2.45. The second kappa shape index (κ2) is 5.49. The Morgan fingerprint density at radius 1 is 0.556 bits per heavy atom. The van der Waals surface area contributed by atoms with Crippen LogP contribution in [0.4, 0.5) is 0 Å². The molecule has 0 aliphatic rings. The molecule has 0 N–H and O–H groups in total. The van der Waals surface area contributed by atoms with E-state index in [9.17, 15) is 0 Å². The van der Waals surface area contributed by atoms with E-state index < -0.39 is 7.53 Å². The molecule has 1 unspecified atom stereocenters. The van der Waals surface area contributed by atoms with Gasteiger partial charge in [-0.05, 0) is 34.3 Å². The fraction of sp³-hybridized carbons (Fsp3) is 0.0400. The molecule has 0 aliphatic carbocycles. The predicted octanol–water partition coefficient (Wildman–Crippen LogP) is 7.61. The Hall–Kier alpha value is -3.02. The molecule has 27 heavy (non-hydrogen) atoms. The zero-order valence-electron chi connectivity index (χ0n) is 15.1. The molecule has 0 radical (unpaired) electrons. The van der Waals surface area contributed by atoms with Crippen LogP contribution in [0.1, 0.15) is 0 Å². The van der Waals surface area contributed by atoms with Gasteiger partial charge in [0.25, 0.3) is 0 Å². The summed E-state index contributed by atoms with van der Waals surface area (Å²) in [5.41, 5.74) is 2.62. The molecule has 6 aromatic rings. The summed E-state index contributed by atoms with van der Waals surface area (Å²) in [5.74, 6) is 0. The molecule has 128 valence electrons. The maximum absolute atomic E-state index is 2.45. The quantitative estimate of drug-likeness (QED) is 0.283. The SMILES string of the molecule is Cn1c2ccccc2c2cc3c4ccccc4p(-c4ccccc4)c3cc21. The van der Waals surface area contributed by atoms with Crippen LogP contribution in [-0.2, 0) is 7.05 Å². The Labute approximate surface area is 158 Å². The Morgan fingerprint density at radius 3 is 2.11 bits per heavy atom. The van der Waals surface area contributed by atoms with Crippen LogP contribution in [0.3, 0.4) is 0 Å². The maximum Gasteiger partial charge on any atom is 0.0498 e. The summed E-state index contributed by atoms with van der Waals surface area (Å²) in [7, 11) is 1.68. The van der Waals surface area contributed by atoms with Gasteiger partial charge in [0.2, 0.25) is 0 Å². The van der Waals surface area contributed by atoms with Crippen molar-refractivity contribution in [3.63, 3.8) is 0 Å². The van der Waals surface area contributed by atoms with Crippen LogP contribution in [0.2, 0.25) is 0 Å². The van der Waals surface area contributed by atoms with Gasteiger partial charge in [0, 0.05) is 39.1 Å². The fourth-order valence-corrected chi connectivity index (χ4v) is 7.11. The highest BCUT2D eigenvalue weighted by Gasteiger charge is 2.16. The van der Waals surface area contributed by atoms with E-state index in [-0.39, 0.29) is 0 Å².